The van der Waals surface area contributed by atoms with E-state index in [-0.39, 0.29) is 16.1 Å². The zero-order chi connectivity index (χ0) is 20.4. The van der Waals surface area contributed by atoms with E-state index in [0.717, 1.165) is 10.0 Å². The van der Waals surface area contributed by atoms with Crippen molar-refractivity contribution in [2.45, 2.75) is 17.4 Å². The normalized spacial score (nSPS) is 13.4. The molecule has 0 bridgehead atoms. The van der Waals surface area contributed by atoms with E-state index in [1.807, 2.05) is 6.92 Å². The summed E-state index contributed by atoms with van der Waals surface area (Å²) in [6, 6.07) is 20.0. The van der Waals surface area contributed by atoms with Crippen molar-refractivity contribution in [2.24, 2.45) is 0 Å². The molecule has 3 aromatic carbocycles. The first-order valence-electron chi connectivity index (χ1n) is 8.41. The number of halogens is 1. The van der Waals surface area contributed by atoms with E-state index >= 15 is 0 Å². The van der Waals surface area contributed by atoms with Crippen LogP contribution in [0.25, 0.3) is 0 Å². The molecular formula is C22H18BrNO3S. The van der Waals surface area contributed by atoms with Crippen molar-refractivity contribution < 1.29 is 13.5 Å². The second kappa shape index (κ2) is 7.80. The van der Waals surface area contributed by atoms with Crippen molar-refractivity contribution in [3.05, 3.63) is 94.0 Å². The first kappa shape index (κ1) is 20.2. The maximum absolute atomic E-state index is 12.8. The van der Waals surface area contributed by atoms with E-state index in [4.69, 9.17) is 6.42 Å². The van der Waals surface area contributed by atoms with Crippen molar-refractivity contribution in [2.75, 3.05) is 4.72 Å². The second-order valence-electron chi connectivity index (χ2n) is 6.33. The average molecular weight is 456 g/mol. The van der Waals surface area contributed by atoms with Gasteiger partial charge < -0.3 is 5.11 Å². The molecule has 0 aliphatic rings. The first-order valence-corrected chi connectivity index (χ1v) is 10.7. The molecule has 4 nitrogen and oxygen atoms in total. The highest BCUT2D eigenvalue weighted by atomic mass is 79.9. The van der Waals surface area contributed by atoms with Crippen LogP contribution in [-0.2, 0) is 15.6 Å². The molecule has 0 radical (unpaired) electrons. The third kappa shape index (κ3) is 3.97. The Bertz CT molecular complexity index is 1130. The lowest BCUT2D eigenvalue weighted by molar-refractivity contribution is 0.146. The molecule has 1 atom stereocenters. The quantitative estimate of drug-likeness (QED) is 0.559. The van der Waals surface area contributed by atoms with Crippen LogP contribution in [0.2, 0.25) is 0 Å². The second-order valence-corrected chi connectivity index (χ2v) is 8.92. The summed E-state index contributed by atoms with van der Waals surface area (Å²) in [5, 5.41) is 11.3. The molecule has 0 aliphatic carbocycles. The minimum atomic E-state index is -3.85. The van der Waals surface area contributed by atoms with Gasteiger partial charge in [-0.05, 0) is 37.3 Å². The Morgan fingerprint density at radius 3 is 2.21 bits per heavy atom. The van der Waals surface area contributed by atoms with Crippen LogP contribution in [0.1, 0.15) is 16.7 Å². The Hall–Kier alpha value is -2.59. The molecule has 6 heteroatoms. The lowest BCUT2D eigenvalue weighted by Crippen LogP contribution is -2.27. The van der Waals surface area contributed by atoms with Gasteiger partial charge in [0.05, 0.1) is 10.6 Å². The molecule has 1 unspecified atom stereocenters. The largest absolute Gasteiger partial charge is 0.369 e. The summed E-state index contributed by atoms with van der Waals surface area (Å²) in [4.78, 5) is 0.126. The molecule has 0 fully saturated rings. The van der Waals surface area contributed by atoms with Gasteiger partial charge in [-0.25, -0.2) is 8.42 Å². The SMILES string of the molecule is C#CC(O)(c1ccc(Br)cc1)c1ccccc1NS(=O)(=O)c1ccc(C)cc1. The van der Waals surface area contributed by atoms with Crippen LogP contribution in [0.4, 0.5) is 5.69 Å². The molecule has 0 heterocycles. The van der Waals surface area contributed by atoms with E-state index in [2.05, 4.69) is 26.6 Å². The fraction of sp³-hybridized carbons (Fsp3) is 0.0909. The number of hydrogen-bond acceptors (Lipinski definition) is 3. The lowest BCUT2D eigenvalue weighted by Gasteiger charge is -2.26. The van der Waals surface area contributed by atoms with Gasteiger partial charge in [-0.15, -0.1) is 6.42 Å². The number of benzene rings is 3. The maximum atomic E-state index is 12.8. The van der Waals surface area contributed by atoms with Gasteiger partial charge in [0, 0.05) is 15.6 Å². The Morgan fingerprint density at radius 1 is 1.00 bits per heavy atom. The van der Waals surface area contributed by atoms with E-state index < -0.39 is 15.6 Å². The van der Waals surface area contributed by atoms with Crippen molar-refractivity contribution >= 4 is 31.6 Å². The molecule has 0 saturated carbocycles. The fourth-order valence-corrected chi connectivity index (χ4v) is 4.16. The van der Waals surface area contributed by atoms with E-state index in [9.17, 15) is 13.5 Å². The molecule has 0 spiro atoms. The number of sulfonamides is 1. The number of aryl methyl sites for hydroxylation is 1. The van der Waals surface area contributed by atoms with Gasteiger partial charge in [-0.2, -0.15) is 0 Å². The molecule has 3 rings (SSSR count). The highest BCUT2D eigenvalue weighted by molar-refractivity contribution is 9.10. The third-order valence-electron chi connectivity index (χ3n) is 4.36. The van der Waals surface area contributed by atoms with Gasteiger partial charge in [0.15, 0.2) is 5.60 Å². The van der Waals surface area contributed by atoms with Crippen LogP contribution in [0.5, 0.6) is 0 Å². The molecule has 2 N–H and O–H groups in total. The topological polar surface area (TPSA) is 66.4 Å². The van der Waals surface area contributed by atoms with Gasteiger partial charge in [0.1, 0.15) is 0 Å². The summed E-state index contributed by atoms with van der Waals surface area (Å²) in [5.74, 6) is 2.41. The summed E-state index contributed by atoms with van der Waals surface area (Å²) in [7, 11) is -3.85. The van der Waals surface area contributed by atoms with E-state index in [0.29, 0.717) is 5.56 Å². The van der Waals surface area contributed by atoms with Crippen molar-refractivity contribution in [1.82, 2.24) is 0 Å². The van der Waals surface area contributed by atoms with Gasteiger partial charge in [0.2, 0.25) is 0 Å². The summed E-state index contributed by atoms with van der Waals surface area (Å²) in [6.45, 7) is 1.88. The molecule has 0 saturated heterocycles. The van der Waals surface area contributed by atoms with Gasteiger partial charge in [-0.1, -0.05) is 69.9 Å². The molecular weight excluding hydrogens is 438 g/mol. The van der Waals surface area contributed by atoms with E-state index in [1.54, 1.807) is 60.7 Å². The molecule has 0 aliphatic heterocycles. The minimum Gasteiger partial charge on any atom is -0.369 e. The monoisotopic (exact) mass is 455 g/mol. The Balaban J connectivity index is 2.07. The van der Waals surface area contributed by atoms with Crippen LogP contribution < -0.4 is 4.72 Å². The molecule has 0 aromatic heterocycles. The Kier molecular flexibility index (Phi) is 5.61. The van der Waals surface area contributed by atoms with Crippen LogP contribution in [-0.4, -0.2) is 13.5 Å². The van der Waals surface area contributed by atoms with Crippen LogP contribution in [0.3, 0.4) is 0 Å². The molecule has 28 heavy (non-hydrogen) atoms. The average Bonchev–Trinajstić information content (AvgIpc) is 2.68. The predicted octanol–water partition coefficient (Wildman–Crippen LogP) is 4.43. The van der Waals surface area contributed by atoms with Crippen LogP contribution in [0, 0.1) is 19.3 Å². The Labute approximate surface area is 173 Å². The zero-order valence-corrected chi connectivity index (χ0v) is 17.5. The Morgan fingerprint density at radius 2 is 1.61 bits per heavy atom. The van der Waals surface area contributed by atoms with Crippen LogP contribution >= 0.6 is 15.9 Å². The molecule has 142 valence electrons. The predicted molar refractivity (Wildman–Crippen MR) is 114 cm³/mol. The van der Waals surface area contributed by atoms with Crippen molar-refractivity contribution in [3.63, 3.8) is 0 Å². The smallest absolute Gasteiger partial charge is 0.261 e. The van der Waals surface area contributed by atoms with Gasteiger partial charge in [0.25, 0.3) is 10.0 Å². The number of hydrogen-bond donors (Lipinski definition) is 2. The summed E-state index contributed by atoms with van der Waals surface area (Å²) in [5.41, 5.74) is 0.103. The summed E-state index contributed by atoms with van der Waals surface area (Å²) < 4.78 is 29.0. The van der Waals surface area contributed by atoms with Gasteiger partial charge >= 0.3 is 0 Å². The van der Waals surface area contributed by atoms with Crippen molar-refractivity contribution in [1.29, 1.82) is 0 Å². The highest BCUT2D eigenvalue weighted by Gasteiger charge is 2.32. The van der Waals surface area contributed by atoms with Gasteiger partial charge in [-0.3, -0.25) is 4.72 Å². The van der Waals surface area contributed by atoms with Crippen LogP contribution in [0.15, 0.2) is 82.2 Å². The number of aliphatic hydroxyl groups is 1. The number of rotatable bonds is 5. The summed E-state index contributed by atoms with van der Waals surface area (Å²) >= 11 is 3.35. The standard InChI is InChI=1S/C22H18BrNO3S/c1-3-22(25,17-10-12-18(23)13-11-17)20-6-4-5-7-21(20)24-28(26,27)19-14-8-16(2)9-15-19/h1,4-15,24-25H,2H3. The van der Waals surface area contributed by atoms with E-state index in [1.165, 1.54) is 12.1 Å². The third-order valence-corrected chi connectivity index (χ3v) is 6.27. The molecule has 3 aromatic rings. The zero-order valence-electron chi connectivity index (χ0n) is 15.1. The highest BCUT2D eigenvalue weighted by Crippen LogP contribution is 2.35. The first-order chi connectivity index (χ1) is 13.3. The number of anilines is 1. The lowest BCUT2D eigenvalue weighted by atomic mass is 9.86. The minimum absolute atomic E-state index is 0.126. The number of nitrogens with one attached hydrogen (secondary N) is 1. The fourth-order valence-electron chi connectivity index (χ4n) is 2.82. The number of para-hydroxylation sites is 1. The van der Waals surface area contributed by atoms with Crippen molar-refractivity contribution in [3.8, 4) is 12.3 Å². The summed E-state index contributed by atoms with van der Waals surface area (Å²) in [6.07, 6.45) is 5.68. The number of terminal acetylenes is 1. The molecule has 0 amide bonds. The maximum Gasteiger partial charge on any atom is 0.261 e.